The molecule has 0 aliphatic rings. The van der Waals surface area contributed by atoms with Crippen molar-refractivity contribution in [3.63, 3.8) is 0 Å². The fraction of sp³-hybridized carbons (Fsp3) is 0. The number of hydrogen-bond acceptors (Lipinski definition) is 4. The summed E-state index contributed by atoms with van der Waals surface area (Å²) in [5.74, 6) is 1.31. The number of fused-ring (bicyclic) bond motifs is 11. The lowest BCUT2D eigenvalue weighted by atomic mass is 10.0. The van der Waals surface area contributed by atoms with Gasteiger partial charge >= 0.3 is 0 Å². The Balaban J connectivity index is 1.23. The van der Waals surface area contributed by atoms with Crippen molar-refractivity contribution in [1.29, 1.82) is 0 Å². The van der Waals surface area contributed by atoms with Crippen LogP contribution in [0.1, 0.15) is 0 Å². The second-order valence-corrected chi connectivity index (χ2v) is 13.8. The number of para-hydroxylation sites is 1. The fourth-order valence-electron chi connectivity index (χ4n) is 8.20. The minimum absolute atomic E-state index is 0.615. The number of furan rings is 2. The molecule has 12 aromatic rings. The van der Waals surface area contributed by atoms with Gasteiger partial charge in [-0.05, 0) is 93.3 Å². The third kappa shape index (κ3) is 4.19. The molecule has 0 atom stereocenters. The molecule has 12 rings (SSSR count). The van der Waals surface area contributed by atoms with Crippen molar-refractivity contribution in [2.45, 2.75) is 0 Å². The number of benzene rings is 8. The standard InChI is InChI=1S/C48H27N3O2/c1-2-10-28(11-3-1)33-18-20-44-39(24-33)45-46(53-44)48(50-47(49-45)34-19-21-43-38(25-34)35-16-8-9-17-42(35)52-43)51-40-26-31-14-6-4-12-29(31)22-36(40)37-23-30-13-5-7-15-32(30)27-41(37)51/h1-27H. The van der Waals surface area contributed by atoms with Crippen LogP contribution in [0.3, 0.4) is 0 Å². The molecule has 0 N–H and O–H groups in total. The van der Waals surface area contributed by atoms with Crippen LogP contribution in [0.4, 0.5) is 0 Å². The van der Waals surface area contributed by atoms with Crippen LogP contribution >= 0.6 is 0 Å². The summed E-state index contributed by atoms with van der Waals surface area (Å²) in [6.45, 7) is 0. The summed E-state index contributed by atoms with van der Waals surface area (Å²) < 4.78 is 15.3. The lowest BCUT2D eigenvalue weighted by Crippen LogP contribution is -2.02. The summed E-state index contributed by atoms with van der Waals surface area (Å²) in [6, 6.07) is 57.4. The van der Waals surface area contributed by atoms with E-state index in [0.717, 1.165) is 87.7 Å². The van der Waals surface area contributed by atoms with Crippen molar-refractivity contribution < 1.29 is 8.83 Å². The zero-order valence-electron chi connectivity index (χ0n) is 28.2. The van der Waals surface area contributed by atoms with Gasteiger partial charge in [0.25, 0.3) is 0 Å². The van der Waals surface area contributed by atoms with Crippen LogP contribution in [-0.4, -0.2) is 14.5 Å². The summed E-state index contributed by atoms with van der Waals surface area (Å²) in [5, 5.41) is 10.1. The summed E-state index contributed by atoms with van der Waals surface area (Å²) >= 11 is 0. The maximum Gasteiger partial charge on any atom is 0.197 e. The molecule has 5 nitrogen and oxygen atoms in total. The zero-order chi connectivity index (χ0) is 34.6. The minimum Gasteiger partial charge on any atom is -0.456 e. The molecule has 0 amide bonds. The molecule has 0 unspecified atom stereocenters. The van der Waals surface area contributed by atoms with E-state index in [0.29, 0.717) is 17.2 Å². The van der Waals surface area contributed by atoms with Gasteiger partial charge in [-0.3, -0.25) is 4.57 Å². The molecule has 0 aliphatic carbocycles. The molecular formula is C48H27N3O2. The quantitative estimate of drug-likeness (QED) is 0.187. The first-order valence-corrected chi connectivity index (χ1v) is 17.8. The van der Waals surface area contributed by atoms with Crippen LogP contribution in [0.15, 0.2) is 173 Å². The lowest BCUT2D eigenvalue weighted by Gasteiger charge is -2.11. The summed E-state index contributed by atoms with van der Waals surface area (Å²) in [6.07, 6.45) is 0. The van der Waals surface area contributed by atoms with Gasteiger partial charge in [-0.2, -0.15) is 0 Å². The number of aromatic nitrogens is 3. The van der Waals surface area contributed by atoms with E-state index < -0.39 is 0 Å². The van der Waals surface area contributed by atoms with Gasteiger partial charge in [0.15, 0.2) is 17.2 Å². The van der Waals surface area contributed by atoms with E-state index in [4.69, 9.17) is 18.8 Å². The van der Waals surface area contributed by atoms with Gasteiger partial charge in [-0.15, -0.1) is 0 Å². The fourth-order valence-corrected chi connectivity index (χ4v) is 8.20. The zero-order valence-corrected chi connectivity index (χ0v) is 28.2. The van der Waals surface area contributed by atoms with E-state index in [9.17, 15) is 0 Å². The highest BCUT2D eigenvalue weighted by molar-refractivity contribution is 6.18. The summed E-state index contributed by atoms with van der Waals surface area (Å²) in [5.41, 5.74) is 9.12. The van der Waals surface area contributed by atoms with Crippen LogP contribution in [0.25, 0.3) is 116 Å². The average Bonchev–Trinajstić information content (AvgIpc) is 3.87. The lowest BCUT2D eigenvalue weighted by molar-refractivity contribution is 0.662. The summed E-state index contributed by atoms with van der Waals surface area (Å²) in [4.78, 5) is 10.8. The SMILES string of the molecule is c1ccc(-c2ccc3oc4c(-n5c6cc7ccccc7cc6c6cc7ccccc7cc65)nc(-c5ccc6oc7ccccc7c6c5)nc4c3c2)cc1. The van der Waals surface area contributed by atoms with Crippen molar-refractivity contribution in [1.82, 2.24) is 14.5 Å². The Morgan fingerprint density at radius 2 is 0.943 bits per heavy atom. The number of hydrogen-bond donors (Lipinski definition) is 0. The molecule has 0 fully saturated rings. The summed E-state index contributed by atoms with van der Waals surface area (Å²) in [7, 11) is 0. The molecule has 246 valence electrons. The van der Waals surface area contributed by atoms with Gasteiger partial charge in [0.2, 0.25) is 0 Å². The van der Waals surface area contributed by atoms with Crippen molar-refractivity contribution in [3.05, 3.63) is 164 Å². The van der Waals surface area contributed by atoms with Gasteiger partial charge in [0.05, 0.1) is 11.0 Å². The molecule has 0 saturated carbocycles. The molecule has 53 heavy (non-hydrogen) atoms. The minimum atomic E-state index is 0.615. The van der Waals surface area contributed by atoms with Gasteiger partial charge in [-0.1, -0.05) is 103 Å². The van der Waals surface area contributed by atoms with Crippen molar-refractivity contribution >= 4 is 87.4 Å². The highest BCUT2D eigenvalue weighted by atomic mass is 16.3. The Hall–Kier alpha value is -7.24. The van der Waals surface area contributed by atoms with Crippen LogP contribution in [0, 0.1) is 0 Å². The second-order valence-electron chi connectivity index (χ2n) is 13.8. The van der Waals surface area contributed by atoms with E-state index in [1.54, 1.807) is 0 Å². The van der Waals surface area contributed by atoms with Crippen LogP contribution in [0.5, 0.6) is 0 Å². The molecule has 8 aromatic carbocycles. The average molecular weight is 678 g/mol. The number of nitrogens with zero attached hydrogens (tertiary/aromatic N) is 3. The second kappa shape index (κ2) is 10.6. The van der Waals surface area contributed by atoms with Crippen LogP contribution < -0.4 is 0 Å². The van der Waals surface area contributed by atoms with E-state index >= 15 is 0 Å². The first kappa shape index (κ1) is 28.5. The molecule has 0 spiro atoms. The van der Waals surface area contributed by atoms with E-state index in [2.05, 4.69) is 138 Å². The Morgan fingerprint density at radius 1 is 0.377 bits per heavy atom. The van der Waals surface area contributed by atoms with Gasteiger partial charge < -0.3 is 8.83 Å². The van der Waals surface area contributed by atoms with Gasteiger partial charge in [-0.25, -0.2) is 9.97 Å². The normalized spacial score (nSPS) is 12.2. The molecule has 0 aliphatic heterocycles. The first-order chi connectivity index (χ1) is 26.2. The predicted molar refractivity (Wildman–Crippen MR) is 217 cm³/mol. The topological polar surface area (TPSA) is 57.0 Å². The van der Waals surface area contributed by atoms with Crippen molar-refractivity contribution in [2.24, 2.45) is 0 Å². The maximum absolute atomic E-state index is 6.82. The Morgan fingerprint density at radius 3 is 1.66 bits per heavy atom. The van der Waals surface area contributed by atoms with Gasteiger partial charge in [0, 0.05) is 32.5 Å². The van der Waals surface area contributed by atoms with E-state index in [1.165, 1.54) is 10.8 Å². The highest BCUT2D eigenvalue weighted by Gasteiger charge is 2.23. The molecule has 0 bridgehead atoms. The molecule has 5 heteroatoms. The Bertz CT molecular complexity index is 3370. The molecule has 0 saturated heterocycles. The predicted octanol–water partition coefficient (Wildman–Crippen LogP) is 13.0. The van der Waals surface area contributed by atoms with E-state index in [1.807, 2.05) is 30.3 Å². The molecule has 4 heterocycles. The largest absolute Gasteiger partial charge is 0.456 e. The monoisotopic (exact) mass is 677 g/mol. The smallest absolute Gasteiger partial charge is 0.197 e. The number of rotatable bonds is 3. The molecule has 0 radical (unpaired) electrons. The molecule has 4 aromatic heterocycles. The van der Waals surface area contributed by atoms with E-state index in [-0.39, 0.29) is 0 Å². The van der Waals surface area contributed by atoms with Crippen LogP contribution in [-0.2, 0) is 0 Å². The first-order valence-electron chi connectivity index (χ1n) is 17.8. The van der Waals surface area contributed by atoms with Gasteiger partial charge in [0.1, 0.15) is 22.3 Å². The highest BCUT2D eigenvalue weighted by Crippen LogP contribution is 2.41. The third-order valence-electron chi connectivity index (χ3n) is 10.7. The Labute approximate surface area is 302 Å². The van der Waals surface area contributed by atoms with Crippen LogP contribution in [0.2, 0.25) is 0 Å². The molecular weight excluding hydrogens is 651 g/mol. The maximum atomic E-state index is 6.82. The third-order valence-corrected chi connectivity index (χ3v) is 10.7. The van der Waals surface area contributed by atoms with Crippen molar-refractivity contribution in [2.75, 3.05) is 0 Å². The van der Waals surface area contributed by atoms with Crippen molar-refractivity contribution in [3.8, 4) is 28.3 Å². The Kier molecular flexibility index (Phi) is 5.71.